The minimum atomic E-state index is -0.390. The van der Waals surface area contributed by atoms with Crippen LogP contribution in [0.4, 0.5) is 5.69 Å². The number of ether oxygens (including phenoxy) is 4. The molecule has 2 aliphatic rings. The van der Waals surface area contributed by atoms with Crippen LogP contribution in [0.15, 0.2) is 65.5 Å². The Morgan fingerprint density at radius 3 is 2.32 bits per heavy atom. The molecule has 1 heterocycles. The second-order valence-corrected chi connectivity index (χ2v) is 12.8. The van der Waals surface area contributed by atoms with Crippen molar-refractivity contribution in [2.75, 3.05) is 46.8 Å². The number of carbonyl (C=O) groups excluding carboxylic acids is 2. The van der Waals surface area contributed by atoms with Crippen LogP contribution in [0.3, 0.4) is 0 Å². The van der Waals surface area contributed by atoms with Crippen molar-refractivity contribution in [1.82, 2.24) is 10.2 Å². The SMILES string of the molecule is COc1cc2c(c(OC)c1OC)-c1ccc(NCCCC(=O)N3CCC[C@@H]3c3ccc(OC)c4ccccc34)c(=O)cc1[C@H](NC(C)=O)CC2. The number of hydrogen-bond acceptors (Lipinski definition) is 8. The first-order chi connectivity index (χ1) is 24.3. The van der Waals surface area contributed by atoms with Crippen molar-refractivity contribution < 1.29 is 28.5 Å². The van der Waals surface area contributed by atoms with Crippen LogP contribution in [0.2, 0.25) is 0 Å². The fraction of sp³-hybridized carbons (Fsp3) is 0.375. The number of benzene rings is 3. The van der Waals surface area contributed by atoms with Gasteiger partial charge in [-0.1, -0.05) is 36.4 Å². The van der Waals surface area contributed by atoms with Crippen LogP contribution in [0.25, 0.3) is 21.9 Å². The van der Waals surface area contributed by atoms with Crippen molar-refractivity contribution in [3.63, 3.8) is 0 Å². The van der Waals surface area contributed by atoms with E-state index in [9.17, 15) is 14.4 Å². The second-order valence-electron chi connectivity index (χ2n) is 12.8. The van der Waals surface area contributed by atoms with Crippen molar-refractivity contribution in [2.45, 2.75) is 57.5 Å². The van der Waals surface area contributed by atoms with Crippen LogP contribution in [0, 0.1) is 0 Å². The highest BCUT2D eigenvalue weighted by atomic mass is 16.5. The van der Waals surface area contributed by atoms with Crippen LogP contribution in [-0.2, 0) is 16.0 Å². The zero-order valence-electron chi connectivity index (χ0n) is 29.4. The maximum absolute atomic E-state index is 13.7. The largest absolute Gasteiger partial charge is 0.496 e. The standard InChI is InChI=1S/C40H45N3O7/c1-24(44)42-31-17-14-25-22-36(48-3)39(49-4)40(50-5)38(25)29-15-18-32(34(45)23-30(29)31)41-20-8-13-37(46)43-21-9-12-33(43)27-16-19-35(47-2)28-11-7-6-10-26(27)28/h6-7,10-11,15-16,18-19,22-23,31,33H,8-9,12-14,17,20-21H2,1-5H3,(H,41,45)(H,42,44)/t31-,33-/m1/s1. The van der Waals surface area contributed by atoms with Gasteiger partial charge in [0, 0.05) is 37.4 Å². The first kappa shape index (κ1) is 34.6. The lowest BCUT2D eigenvalue weighted by Gasteiger charge is -2.26. The summed E-state index contributed by atoms with van der Waals surface area (Å²) >= 11 is 0. The Morgan fingerprint density at radius 1 is 0.840 bits per heavy atom. The van der Waals surface area contributed by atoms with E-state index >= 15 is 0 Å². The predicted octanol–water partition coefficient (Wildman–Crippen LogP) is 6.58. The molecule has 0 radical (unpaired) electrons. The molecule has 4 aromatic carbocycles. The summed E-state index contributed by atoms with van der Waals surface area (Å²) in [5, 5.41) is 8.48. The summed E-state index contributed by atoms with van der Waals surface area (Å²) < 4.78 is 22.8. The van der Waals surface area contributed by atoms with Crippen LogP contribution in [0.5, 0.6) is 23.0 Å². The van der Waals surface area contributed by atoms with E-state index in [1.807, 2.05) is 35.2 Å². The lowest BCUT2D eigenvalue weighted by Crippen LogP contribution is -2.30. The molecule has 0 unspecified atom stereocenters. The van der Waals surface area contributed by atoms with E-state index in [4.69, 9.17) is 18.9 Å². The Hall–Kier alpha value is -5.25. The first-order valence-electron chi connectivity index (χ1n) is 17.2. The van der Waals surface area contributed by atoms with Gasteiger partial charge in [0.1, 0.15) is 5.75 Å². The van der Waals surface area contributed by atoms with Gasteiger partial charge in [0.2, 0.25) is 23.0 Å². The van der Waals surface area contributed by atoms with Gasteiger partial charge in [-0.2, -0.15) is 0 Å². The monoisotopic (exact) mass is 679 g/mol. The number of rotatable bonds is 11. The second kappa shape index (κ2) is 15.1. The van der Waals surface area contributed by atoms with E-state index in [1.165, 1.54) is 6.92 Å². The van der Waals surface area contributed by atoms with Gasteiger partial charge < -0.3 is 34.5 Å². The highest BCUT2D eigenvalue weighted by molar-refractivity contribution is 5.92. The van der Waals surface area contributed by atoms with Crippen molar-refractivity contribution in [3.8, 4) is 34.1 Å². The lowest BCUT2D eigenvalue weighted by molar-refractivity contribution is -0.132. The molecule has 1 aliphatic heterocycles. The van der Waals surface area contributed by atoms with Crippen molar-refractivity contribution in [3.05, 3.63) is 87.6 Å². The summed E-state index contributed by atoms with van der Waals surface area (Å²) in [7, 11) is 6.39. The van der Waals surface area contributed by atoms with E-state index in [0.717, 1.165) is 58.2 Å². The summed E-state index contributed by atoms with van der Waals surface area (Å²) in [4.78, 5) is 41.5. The van der Waals surface area contributed by atoms with Crippen molar-refractivity contribution in [2.24, 2.45) is 0 Å². The molecule has 6 rings (SSSR count). The Bertz CT molecular complexity index is 1980. The van der Waals surface area contributed by atoms with Gasteiger partial charge in [0.15, 0.2) is 11.5 Å². The zero-order valence-corrected chi connectivity index (χ0v) is 29.4. The number of aryl methyl sites for hydroxylation is 1. The molecule has 1 fully saturated rings. The van der Waals surface area contributed by atoms with E-state index in [2.05, 4.69) is 28.8 Å². The summed E-state index contributed by atoms with van der Waals surface area (Å²) in [6, 6.07) is 19.1. The molecule has 4 aromatic rings. The molecule has 50 heavy (non-hydrogen) atoms. The minimum Gasteiger partial charge on any atom is -0.496 e. The maximum atomic E-state index is 13.7. The van der Waals surface area contributed by atoms with E-state index in [-0.39, 0.29) is 23.3 Å². The lowest BCUT2D eigenvalue weighted by atomic mass is 9.95. The van der Waals surface area contributed by atoms with Crippen LogP contribution >= 0.6 is 0 Å². The predicted molar refractivity (Wildman–Crippen MR) is 195 cm³/mol. The molecule has 0 spiro atoms. The molecular weight excluding hydrogens is 634 g/mol. The van der Waals surface area contributed by atoms with Gasteiger partial charge in [-0.25, -0.2) is 0 Å². The molecule has 0 aromatic heterocycles. The number of nitrogens with zero attached hydrogens (tertiary/aromatic N) is 1. The highest BCUT2D eigenvalue weighted by Gasteiger charge is 2.32. The normalized spacial score (nSPS) is 16.5. The number of hydrogen-bond donors (Lipinski definition) is 2. The van der Waals surface area contributed by atoms with Gasteiger partial charge in [-0.05, 0) is 84.0 Å². The van der Waals surface area contributed by atoms with Gasteiger partial charge in [-0.3, -0.25) is 14.4 Å². The fourth-order valence-electron chi connectivity index (χ4n) is 7.61. The van der Waals surface area contributed by atoms with Crippen molar-refractivity contribution in [1.29, 1.82) is 0 Å². The van der Waals surface area contributed by atoms with Gasteiger partial charge >= 0.3 is 0 Å². The Balaban J connectivity index is 1.22. The Morgan fingerprint density at radius 2 is 1.60 bits per heavy atom. The third kappa shape index (κ3) is 6.66. The van der Waals surface area contributed by atoms with Crippen LogP contribution < -0.4 is 35.0 Å². The molecule has 1 saturated heterocycles. The van der Waals surface area contributed by atoms with E-state index in [1.54, 1.807) is 40.6 Å². The van der Waals surface area contributed by atoms with E-state index in [0.29, 0.717) is 60.7 Å². The molecule has 2 N–H and O–H groups in total. The smallest absolute Gasteiger partial charge is 0.223 e. The summed E-state index contributed by atoms with van der Waals surface area (Å²) in [5.74, 6) is 2.24. The number of fused-ring (bicyclic) bond motifs is 4. The topological polar surface area (TPSA) is 115 Å². The maximum Gasteiger partial charge on any atom is 0.223 e. The van der Waals surface area contributed by atoms with Crippen LogP contribution in [0.1, 0.15) is 67.8 Å². The van der Waals surface area contributed by atoms with Gasteiger partial charge in [0.05, 0.1) is 46.2 Å². The van der Waals surface area contributed by atoms with Gasteiger partial charge in [-0.15, -0.1) is 0 Å². The molecule has 10 heteroatoms. The number of anilines is 1. The average molecular weight is 680 g/mol. The summed E-state index contributed by atoms with van der Waals surface area (Å²) in [6.07, 6.45) is 3.98. The average Bonchev–Trinajstić information content (AvgIpc) is 3.50. The summed E-state index contributed by atoms with van der Waals surface area (Å²) in [6.45, 7) is 2.64. The first-order valence-corrected chi connectivity index (χ1v) is 17.2. The fourth-order valence-corrected chi connectivity index (χ4v) is 7.61. The molecule has 262 valence electrons. The van der Waals surface area contributed by atoms with E-state index < -0.39 is 6.04 Å². The molecule has 10 nitrogen and oxygen atoms in total. The van der Waals surface area contributed by atoms with Crippen LogP contribution in [-0.4, -0.2) is 58.2 Å². The number of nitrogens with one attached hydrogen (secondary N) is 2. The zero-order chi connectivity index (χ0) is 35.4. The molecule has 1 aliphatic carbocycles. The Labute approximate surface area is 292 Å². The number of carbonyl (C=O) groups is 2. The molecular formula is C40H45N3O7. The quantitative estimate of drug-likeness (QED) is 0.171. The highest BCUT2D eigenvalue weighted by Crippen LogP contribution is 2.50. The third-order valence-electron chi connectivity index (χ3n) is 9.87. The van der Waals surface area contributed by atoms with Gasteiger partial charge in [0.25, 0.3) is 0 Å². The molecule has 0 bridgehead atoms. The molecule has 2 amide bonds. The van der Waals surface area contributed by atoms with Crippen molar-refractivity contribution >= 4 is 28.3 Å². The minimum absolute atomic E-state index is 0.0121. The number of likely N-dealkylation sites (tertiary alicyclic amines) is 1. The molecule has 0 saturated carbocycles. The molecule has 2 atom stereocenters. The third-order valence-corrected chi connectivity index (χ3v) is 9.87. The number of amides is 2. The number of methoxy groups -OCH3 is 4. The Kier molecular flexibility index (Phi) is 10.5. The summed E-state index contributed by atoms with van der Waals surface area (Å²) in [5.41, 5.74) is 4.57.